The molecule has 2 fully saturated rings. The molecule has 0 radical (unpaired) electrons. The summed E-state index contributed by atoms with van der Waals surface area (Å²) in [4.78, 5) is 12.2. The van der Waals surface area contributed by atoms with Crippen molar-refractivity contribution in [2.45, 2.75) is 83.6 Å². The lowest BCUT2D eigenvalue weighted by molar-refractivity contribution is 0.467. The summed E-state index contributed by atoms with van der Waals surface area (Å²) in [5.74, 6) is 3.93. The first-order valence-electron chi connectivity index (χ1n) is 10.4. The first-order chi connectivity index (χ1) is 12.8. The van der Waals surface area contributed by atoms with Crippen molar-refractivity contribution in [2.75, 3.05) is 18.0 Å². The van der Waals surface area contributed by atoms with Crippen LogP contribution in [0.3, 0.4) is 0 Å². The first kappa shape index (κ1) is 18.4. The molecule has 1 saturated carbocycles. The van der Waals surface area contributed by atoms with Crippen LogP contribution < -0.4 is 4.90 Å². The fourth-order valence-corrected chi connectivity index (χ4v) is 3.83. The Kier molecular flexibility index (Phi) is 4.68. The monoisotopic (exact) mass is 368 g/mol. The van der Waals surface area contributed by atoms with Gasteiger partial charge in [-0.05, 0) is 25.7 Å². The maximum Gasteiger partial charge on any atom is 0.137 e. The molecule has 2 aromatic rings. The summed E-state index contributed by atoms with van der Waals surface area (Å²) in [6.07, 6.45) is 6.79. The number of hydrogen-bond acceptors (Lipinski definition) is 5. The van der Waals surface area contributed by atoms with Crippen molar-refractivity contribution in [1.29, 1.82) is 0 Å². The molecule has 0 amide bonds. The zero-order chi connectivity index (χ0) is 19.2. The van der Waals surface area contributed by atoms with Gasteiger partial charge in [-0.2, -0.15) is 0 Å². The Morgan fingerprint density at radius 2 is 1.89 bits per heavy atom. The number of rotatable bonds is 4. The summed E-state index contributed by atoms with van der Waals surface area (Å²) in [6, 6.07) is 2.82. The molecule has 0 bridgehead atoms. The highest BCUT2D eigenvalue weighted by Gasteiger charge is 2.32. The summed E-state index contributed by atoms with van der Waals surface area (Å²) < 4.78 is 2.31. The normalized spacial score (nSPS) is 21.1. The molecule has 1 aliphatic heterocycles. The van der Waals surface area contributed by atoms with Crippen LogP contribution in [0.5, 0.6) is 0 Å². The molecule has 1 saturated heterocycles. The van der Waals surface area contributed by atoms with Crippen LogP contribution in [0.25, 0.3) is 0 Å². The van der Waals surface area contributed by atoms with Crippen molar-refractivity contribution in [1.82, 2.24) is 24.7 Å². The van der Waals surface area contributed by atoms with Crippen LogP contribution in [0.1, 0.15) is 95.5 Å². The van der Waals surface area contributed by atoms with Crippen LogP contribution in [0, 0.1) is 0 Å². The van der Waals surface area contributed by atoms with Crippen LogP contribution >= 0.6 is 0 Å². The van der Waals surface area contributed by atoms with E-state index in [1.807, 2.05) is 6.33 Å². The highest BCUT2D eigenvalue weighted by Crippen LogP contribution is 2.38. The molecule has 2 aromatic heterocycles. The molecular formula is C21H32N6. The van der Waals surface area contributed by atoms with Crippen LogP contribution in [0.15, 0.2) is 12.4 Å². The minimum Gasteiger partial charge on any atom is -0.356 e. The van der Waals surface area contributed by atoms with Crippen LogP contribution in [-0.2, 0) is 5.41 Å². The average Bonchev–Trinajstić information content (AvgIpc) is 3.37. The van der Waals surface area contributed by atoms with Crippen LogP contribution in [0.2, 0.25) is 0 Å². The van der Waals surface area contributed by atoms with Crippen molar-refractivity contribution in [2.24, 2.45) is 0 Å². The van der Waals surface area contributed by atoms with Crippen LogP contribution in [-0.4, -0.2) is 37.8 Å². The van der Waals surface area contributed by atoms with E-state index >= 15 is 0 Å². The number of hydrogen-bond donors (Lipinski definition) is 0. The third-order valence-corrected chi connectivity index (χ3v) is 5.67. The van der Waals surface area contributed by atoms with E-state index in [-0.39, 0.29) is 5.41 Å². The zero-order valence-corrected chi connectivity index (χ0v) is 17.3. The smallest absolute Gasteiger partial charge is 0.137 e. The summed E-state index contributed by atoms with van der Waals surface area (Å²) >= 11 is 0. The van der Waals surface area contributed by atoms with E-state index in [4.69, 9.17) is 9.97 Å². The van der Waals surface area contributed by atoms with Gasteiger partial charge >= 0.3 is 0 Å². The predicted molar refractivity (Wildman–Crippen MR) is 107 cm³/mol. The minimum absolute atomic E-state index is 0.0165. The Labute approximate surface area is 162 Å². The number of piperidine rings is 1. The molecule has 146 valence electrons. The Morgan fingerprint density at radius 1 is 1.11 bits per heavy atom. The molecule has 0 N–H and O–H groups in total. The average molecular weight is 369 g/mol. The highest BCUT2D eigenvalue weighted by molar-refractivity contribution is 5.43. The van der Waals surface area contributed by atoms with E-state index in [1.54, 1.807) is 0 Å². The molecule has 0 aromatic carbocycles. The predicted octanol–water partition coefficient (Wildman–Crippen LogP) is 4.21. The van der Waals surface area contributed by atoms with E-state index in [2.05, 4.69) is 60.3 Å². The fraction of sp³-hybridized carbons (Fsp3) is 0.714. The van der Waals surface area contributed by atoms with Crippen molar-refractivity contribution in [3.8, 4) is 0 Å². The standard InChI is InChI=1S/C21H32N6/c1-14(2)19-23-17(21(3,4)5)11-18(24-19)26-10-6-7-15(12-26)20-25-22-13-27(20)16-8-9-16/h11,13-16H,6-10,12H2,1-5H3. The largest absolute Gasteiger partial charge is 0.356 e. The molecule has 0 spiro atoms. The van der Waals surface area contributed by atoms with Crippen molar-refractivity contribution >= 4 is 5.82 Å². The molecule has 6 heteroatoms. The summed E-state index contributed by atoms with van der Waals surface area (Å²) in [7, 11) is 0. The molecule has 4 rings (SSSR count). The van der Waals surface area contributed by atoms with Crippen LogP contribution in [0.4, 0.5) is 5.82 Å². The van der Waals surface area contributed by atoms with Crippen molar-refractivity contribution < 1.29 is 0 Å². The maximum absolute atomic E-state index is 4.93. The van der Waals surface area contributed by atoms with Gasteiger partial charge in [0.05, 0.1) is 5.69 Å². The number of aromatic nitrogens is 5. The van der Waals surface area contributed by atoms with Gasteiger partial charge in [0.15, 0.2) is 0 Å². The van der Waals surface area contributed by atoms with Gasteiger partial charge < -0.3 is 9.47 Å². The third kappa shape index (κ3) is 3.85. The molecule has 1 unspecified atom stereocenters. The van der Waals surface area contributed by atoms with Gasteiger partial charge in [0.2, 0.25) is 0 Å². The molecule has 1 aliphatic carbocycles. The Morgan fingerprint density at radius 3 is 2.56 bits per heavy atom. The zero-order valence-electron chi connectivity index (χ0n) is 17.3. The van der Waals surface area contributed by atoms with E-state index in [1.165, 1.54) is 19.3 Å². The second-order valence-electron chi connectivity index (χ2n) is 9.49. The second kappa shape index (κ2) is 6.88. The Bertz CT molecular complexity index is 799. The highest BCUT2D eigenvalue weighted by atomic mass is 15.3. The van der Waals surface area contributed by atoms with Gasteiger partial charge in [0.25, 0.3) is 0 Å². The fourth-order valence-electron chi connectivity index (χ4n) is 3.83. The van der Waals surface area contributed by atoms with Gasteiger partial charge in [-0.3, -0.25) is 0 Å². The molecule has 3 heterocycles. The maximum atomic E-state index is 4.93. The lowest BCUT2D eigenvalue weighted by atomic mass is 9.91. The van der Waals surface area contributed by atoms with Gasteiger partial charge in [0, 0.05) is 42.4 Å². The van der Waals surface area contributed by atoms with Crippen molar-refractivity contribution in [3.05, 3.63) is 29.7 Å². The van der Waals surface area contributed by atoms with Crippen molar-refractivity contribution in [3.63, 3.8) is 0 Å². The minimum atomic E-state index is 0.0165. The molecule has 27 heavy (non-hydrogen) atoms. The number of anilines is 1. The quantitative estimate of drug-likeness (QED) is 0.809. The van der Waals surface area contributed by atoms with E-state index < -0.39 is 0 Å². The molecule has 2 aliphatic rings. The molecule has 6 nitrogen and oxygen atoms in total. The molecular weight excluding hydrogens is 336 g/mol. The van der Waals surface area contributed by atoms with Gasteiger partial charge in [-0.15, -0.1) is 10.2 Å². The number of nitrogens with zero attached hydrogens (tertiary/aromatic N) is 6. The summed E-state index contributed by atoms with van der Waals surface area (Å²) in [5, 5.41) is 8.69. The second-order valence-corrected chi connectivity index (χ2v) is 9.49. The molecule has 1 atom stereocenters. The lowest BCUT2D eigenvalue weighted by Crippen LogP contribution is -2.36. The Balaban J connectivity index is 1.62. The topological polar surface area (TPSA) is 59.7 Å². The van der Waals surface area contributed by atoms with E-state index in [0.717, 1.165) is 42.7 Å². The van der Waals surface area contributed by atoms with Gasteiger partial charge in [-0.25, -0.2) is 9.97 Å². The summed E-state index contributed by atoms with van der Waals surface area (Å²) in [5.41, 5.74) is 1.14. The van der Waals surface area contributed by atoms with Gasteiger partial charge in [-0.1, -0.05) is 34.6 Å². The van der Waals surface area contributed by atoms with E-state index in [9.17, 15) is 0 Å². The summed E-state index contributed by atoms with van der Waals surface area (Å²) in [6.45, 7) is 13.0. The first-order valence-corrected chi connectivity index (χ1v) is 10.4. The SMILES string of the molecule is CC(C)c1nc(N2CCCC(c3nncn3C3CC3)C2)cc(C(C)(C)C)n1. The third-order valence-electron chi connectivity index (χ3n) is 5.67. The Hall–Kier alpha value is -1.98. The van der Waals surface area contributed by atoms with Gasteiger partial charge in [0.1, 0.15) is 23.8 Å². The lowest BCUT2D eigenvalue weighted by Gasteiger charge is -2.34. The van der Waals surface area contributed by atoms with E-state index in [0.29, 0.717) is 17.9 Å².